The first kappa shape index (κ1) is 27.7. The molecule has 1 amide bonds. The zero-order chi connectivity index (χ0) is 28.9. The summed E-state index contributed by atoms with van der Waals surface area (Å²) < 4.78 is 22.0. The number of carbonyl (C=O) groups is 1. The quantitative estimate of drug-likeness (QED) is 0.189. The molecule has 214 valence electrons. The number of halogens is 1. The van der Waals surface area contributed by atoms with Crippen molar-refractivity contribution in [2.75, 3.05) is 32.7 Å². The normalized spacial score (nSPS) is 14.7. The van der Waals surface area contributed by atoms with Gasteiger partial charge in [0, 0.05) is 62.2 Å². The highest BCUT2D eigenvalue weighted by atomic mass is 19.1. The van der Waals surface area contributed by atoms with Crippen LogP contribution in [0.3, 0.4) is 0 Å². The van der Waals surface area contributed by atoms with Gasteiger partial charge in [0.25, 0.3) is 0 Å². The Kier molecular flexibility index (Phi) is 8.33. The van der Waals surface area contributed by atoms with E-state index in [1.807, 2.05) is 71.6 Å². The Morgan fingerprint density at radius 1 is 0.833 bits per heavy atom. The molecule has 1 saturated heterocycles. The summed E-state index contributed by atoms with van der Waals surface area (Å²) in [5.74, 6) is 1.27. The van der Waals surface area contributed by atoms with Gasteiger partial charge in [-0.3, -0.25) is 4.79 Å². The Bertz CT molecular complexity index is 1640. The van der Waals surface area contributed by atoms with Crippen molar-refractivity contribution < 1.29 is 13.9 Å². The predicted octanol–water partition coefficient (Wildman–Crippen LogP) is 7.31. The molecule has 6 heteroatoms. The van der Waals surface area contributed by atoms with E-state index in [0.29, 0.717) is 13.0 Å². The van der Waals surface area contributed by atoms with Crippen LogP contribution in [0.2, 0.25) is 0 Å². The Hall–Kier alpha value is -4.42. The maximum absolute atomic E-state index is 13.8. The van der Waals surface area contributed by atoms with Crippen LogP contribution in [-0.2, 0) is 11.3 Å². The molecule has 2 heterocycles. The number of hydrogen-bond donors (Lipinski definition) is 0. The second-order valence-electron chi connectivity index (χ2n) is 10.9. The molecule has 0 radical (unpaired) electrons. The van der Waals surface area contributed by atoms with Gasteiger partial charge in [-0.05, 0) is 65.7 Å². The van der Waals surface area contributed by atoms with E-state index in [1.165, 1.54) is 12.1 Å². The Morgan fingerprint density at radius 2 is 1.55 bits per heavy atom. The molecule has 0 saturated carbocycles. The minimum atomic E-state index is -0.243. The Balaban J connectivity index is 1.37. The lowest BCUT2D eigenvalue weighted by molar-refractivity contribution is -0.133. The predicted molar refractivity (Wildman–Crippen MR) is 166 cm³/mol. The van der Waals surface area contributed by atoms with E-state index < -0.39 is 0 Å². The number of piperazine rings is 1. The maximum Gasteiger partial charge on any atom is 0.223 e. The van der Waals surface area contributed by atoms with Crippen LogP contribution in [-0.4, -0.2) is 53.0 Å². The first-order valence-corrected chi connectivity index (χ1v) is 14.7. The fraction of sp³-hybridized carbons (Fsp3) is 0.250. The fourth-order valence-electron chi connectivity index (χ4n) is 5.91. The van der Waals surface area contributed by atoms with Gasteiger partial charge in [0.05, 0.1) is 0 Å². The van der Waals surface area contributed by atoms with Crippen LogP contribution in [0, 0.1) is 5.82 Å². The highest BCUT2D eigenvalue weighted by molar-refractivity contribution is 5.87. The largest absolute Gasteiger partial charge is 0.457 e. The van der Waals surface area contributed by atoms with E-state index >= 15 is 0 Å². The highest BCUT2D eigenvalue weighted by Crippen LogP contribution is 2.37. The van der Waals surface area contributed by atoms with Gasteiger partial charge < -0.3 is 19.1 Å². The molecule has 0 aliphatic carbocycles. The standard InChI is InChI=1S/C36H36FN3O2/c1-2-38-19-21-39(22-20-38)36(41)24-33(28-9-8-12-31(23-28)42-30-10-4-3-5-11-30)34-26-40(35-14-7-6-13-32(34)35)25-27-15-17-29(37)18-16-27/h3-18,23,26,33H,2,19-22,24-25H2,1H3/t33-/m0/s1. The van der Waals surface area contributed by atoms with Gasteiger partial charge in [-0.2, -0.15) is 0 Å². The van der Waals surface area contributed by atoms with Crippen molar-refractivity contribution >= 4 is 16.8 Å². The summed E-state index contributed by atoms with van der Waals surface area (Å²) in [5, 5.41) is 1.11. The molecule has 1 atom stereocenters. The summed E-state index contributed by atoms with van der Waals surface area (Å²) in [4.78, 5) is 18.2. The van der Waals surface area contributed by atoms with E-state index in [-0.39, 0.29) is 17.6 Å². The smallest absolute Gasteiger partial charge is 0.223 e. The number of para-hydroxylation sites is 2. The number of amides is 1. The van der Waals surface area contributed by atoms with Gasteiger partial charge in [-0.25, -0.2) is 4.39 Å². The number of ether oxygens (including phenoxy) is 1. The molecule has 5 nitrogen and oxygen atoms in total. The topological polar surface area (TPSA) is 37.7 Å². The van der Waals surface area contributed by atoms with Crippen molar-refractivity contribution in [3.63, 3.8) is 0 Å². The second-order valence-corrected chi connectivity index (χ2v) is 10.9. The Morgan fingerprint density at radius 3 is 2.31 bits per heavy atom. The van der Waals surface area contributed by atoms with Gasteiger partial charge >= 0.3 is 0 Å². The van der Waals surface area contributed by atoms with E-state index in [4.69, 9.17) is 4.74 Å². The first-order valence-electron chi connectivity index (χ1n) is 14.7. The van der Waals surface area contributed by atoms with Crippen molar-refractivity contribution in [3.8, 4) is 11.5 Å². The number of rotatable bonds is 9. The monoisotopic (exact) mass is 561 g/mol. The van der Waals surface area contributed by atoms with Crippen molar-refractivity contribution in [3.05, 3.63) is 132 Å². The minimum Gasteiger partial charge on any atom is -0.457 e. The molecule has 0 bridgehead atoms. The zero-order valence-corrected chi connectivity index (χ0v) is 24.0. The molecule has 5 aromatic rings. The number of aromatic nitrogens is 1. The number of carbonyl (C=O) groups excluding carboxylic acids is 1. The summed E-state index contributed by atoms with van der Waals surface area (Å²) in [6, 6.07) is 32.8. The van der Waals surface area contributed by atoms with E-state index in [1.54, 1.807) is 0 Å². The molecular formula is C36H36FN3O2. The molecule has 1 aromatic heterocycles. The maximum atomic E-state index is 13.8. The third-order valence-corrected chi connectivity index (χ3v) is 8.25. The van der Waals surface area contributed by atoms with Crippen LogP contribution in [0.15, 0.2) is 109 Å². The molecule has 6 rings (SSSR count). The van der Waals surface area contributed by atoms with Crippen LogP contribution in [0.1, 0.15) is 36.0 Å². The second kappa shape index (κ2) is 12.6. The molecule has 0 N–H and O–H groups in total. The van der Waals surface area contributed by atoms with Crippen molar-refractivity contribution in [2.45, 2.75) is 25.8 Å². The van der Waals surface area contributed by atoms with Crippen LogP contribution >= 0.6 is 0 Å². The van der Waals surface area contributed by atoms with Gasteiger partial charge in [-0.1, -0.05) is 67.6 Å². The fourth-order valence-corrected chi connectivity index (χ4v) is 5.91. The van der Waals surface area contributed by atoms with Crippen molar-refractivity contribution in [1.82, 2.24) is 14.4 Å². The molecule has 4 aromatic carbocycles. The van der Waals surface area contributed by atoms with Crippen LogP contribution in [0.25, 0.3) is 10.9 Å². The summed E-state index contributed by atoms with van der Waals surface area (Å²) >= 11 is 0. The minimum absolute atomic E-state index is 0.166. The molecule has 1 fully saturated rings. The molecular weight excluding hydrogens is 525 g/mol. The van der Waals surface area contributed by atoms with Crippen molar-refractivity contribution in [2.24, 2.45) is 0 Å². The van der Waals surface area contributed by atoms with Crippen LogP contribution in [0.4, 0.5) is 4.39 Å². The third-order valence-electron chi connectivity index (χ3n) is 8.25. The Labute approximate surface area is 246 Å². The lowest BCUT2D eigenvalue weighted by Gasteiger charge is -2.35. The number of benzene rings is 4. The highest BCUT2D eigenvalue weighted by Gasteiger charge is 2.27. The lowest BCUT2D eigenvalue weighted by atomic mass is 9.87. The number of hydrogen-bond acceptors (Lipinski definition) is 3. The van der Waals surface area contributed by atoms with E-state index in [0.717, 1.165) is 71.8 Å². The van der Waals surface area contributed by atoms with Gasteiger partial charge in [0.15, 0.2) is 0 Å². The van der Waals surface area contributed by atoms with Crippen LogP contribution in [0.5, 0.6) is 11.5 Å². The number of likely N-dealkylation sites (N-methyl/N-ethyl adjacent to an activating group) is 1. The average molecular weight is 562 g/mol. The van der Waals surface area contributed by atoms with E-state index in [9.17, 15) is 9.18 Å². The molecule has 1 aliphatic heterocycles. The van der Waals surface area contributed by atoms with Gasteiger partial charge in [0.1, 0.15) is 17.3 Å². The molecule has 1 aliphatic rings. The summed E-state index contributed by atoms with van der Waals surface area (Å²) in [6.07, 6.45) is 2.54. The van der Waals surface area contributed by atoms with Crippen LogP contribution < -0.4 is 4.74 Å². The van der Waals surface area contributed by atoms with Gasteiger partial charge in [-0.15, -0.1) is 0 Å². The lowest BCUT2D eigenvalue weighted by Crippen LogP contribution is -2.48. The van der Waals surface area contributed by atoms with Gasteiger partial charge in [0.2, 0.25) is 5.91 Å². The zero-order valence-electron chi connectivity index (χ0n) is 24.0. The van der Waals surface area contributed by atoms with Crippen molar-refractivity contribution in [1.29, 1.82) is 0 Å². The summed E-state index contributed by atoms with van der Waals surface area (Å²) in [7, 11) is 0. The molecule has 0 spiro atoms. The first-order chi connectivity index (χ1) is 20.6. The number of fused-ring (bicyclic) bond motifs is 1. The number of nitrogens with zero attached hydrogens (tertiary/aromatic N) is 3. The SMILES string of the molecule is CCN1CCN(C(=O)C[C@@H](c2cccc(Oc3ccccc3)c2)c2cn(Cc3ccc(F)cc3)c3ccccc23)CC1. The third kappa shape index (κ3) is 6.24. The summed E-state index contributed by atoms with van der Waals surface area (Å²) in [6.45, 7) is 7.10. The molecule has 42 heavy (non-hydrogen) atoms. The average Bonchev–Trinajstić information content (AvgIpc) is 3.39. The van der Waals surface area contributed by atoms with E-state index in [2.05, 4.69) is 46.9 Å². The molecule has 0 unspecified atom stereocenters. The summed E-state index contributed by atoms with van der Waals surface area (Å²) in [5.41, 5.74) is 4.24.